The first-order valence-electron chi connectivity index (χ1n) is 6.99. The number of hydrogen-bond donors (Lipinski definition) is 2. The average molecular weight is 378 g/mol. The molecule has 3 heterocycles. The Hall–Kier alpha value is -2.73. The second-order valence-corrected chi connectivity index (χ2v) is 7.24. The molecule has 0 aromatic carbocycles. The predicted molar refractivity (Wildman–Crippen MR) is 94.3 cm³/mol. The van der Waals surface area contributed by atoms with Crippen LogP contribution in [0.1, 0.15) is 26.6 Å². The Morgan fingerprint density at radius 1 is 1.48 bits per heavy atom. The van der Waals surface area contributed by atoms with Crippen LogP contribution in [0.2, 0.25) is 0 Å². The van der Waals surface area contributed by atoms with Crippen molar-refractivity contribution in [2.24, 2.45) is 5.10 Å². The maximum atomic E-state index is 12.2. The van der Waals surface area contributed by atoms with Crippen molar-refractivity contribution >= 4 is 41.0 Å². The third-order valence-corrected chi connectivity index (χ3v) is 5.43. The molecular formula is C13H14N8O2S2. The molecule has 3 aromatic rings. The molecule has 0 saturated carbocycles. The van der Waals surface area contributed by atoms with Crippen LogP contribution in [0, 0.1) is 13.8 Å². The van der Waals surface area contributed by atoms with Gasteiger partial charge in [-0.2, -0.15) is 9.78 Å². The summed E-state index contributed by atoms with van der Waals surface area (Å²) in [6, 6.07) is 2.01. The van der Waals surface area contributed by atoms with Gasteiger partial charge in [-0.1, -0.05) is 5.21 Å². The van der Waals surface area contributed by atoms with Crippen LogP contribution in [0.4, 0.5) is 5.82 Å². The first-order valence-corrected chi connectivity index (χ1v) is 9.04. The molecule has 0 aliphatic rings. The number of carbonyl (C=O) groups is 1. The Kier molecular flexibility index (Phi) is 4.81. The quantitative estimate of drug-likeness (QED) is 0.386. The summed E-state index contributed by atoms with van der Waals surface area (Å²) in [5.41, 5.74) is 9.56. The van der Waals surface area contributed by atoms with Crippen LogP contribution in [-0.2, 0) is 0 Å². The van der Waals surface area contributed by atoms with Gasteiger partial charge in [-0.3, -0.25) is 4.79 Å². The zero-order chi connectivity index (χ0) is 18.0. The van der Waals surface area contributed by atoms with Crippen molar-refractivity contribution in [1.29, 1.82) is 0 Å². The van der Waals surface area contributed by atoms with Crippen LogP contribution in [0.25, 0.3) is 5.82 Å². The highest BCUT2D eigenvalue weighted by Crippen LogP contribution is 2.28. The van der Waals surface area contributed by atoms with Gasteiger partial charge in [-0.05, 0) is 36.5 Å². The van der Waals surface area contributed by atoms with Crippen molar-refractivity contribution in [3.63, 3.8) is 0 Å². The van der Waals surface area contributed by atoms with Gasteiger partial charge in [0.2, 0.25) is 11.6 Å². The summed E-state index contributed by atoms with van der Waals surface area (Å²) in [7, 11) is 0. The number of rotatable bonds is 5. The normalized spacial score (nSPS) is 11.3. The molecule has 25 heavy (non-hydrogen) atoms. The van der Waals surface area contributed by atoms with Crippen molar-refractivity contribution in [1.82, 2.24) is 30.7 Å². The number of nitrogens with one attached hydrogen (secondary N) is 1. The fraction of sp³-hybridized carbons (Fsp3) is 0.231. The molecule has 0 fully saturated rings. The zero-order valence-electron chi connectivity index (χ0n) is 13.5. The number of amides is 1. The minimum absolute atomic E-state index is 0.0513. The third-order valence-electron chi connectivity index (χ3n) is 3.21. The Balaban J connectivity index is 1.75. The van der Waals surface area contributed by atoms with E-state index < -0.39 is 5.91 Å². The van der Waals surface area contributed by atoms with Gasteiger partial charge in [-0.25, -0.2) is 10.1 Å². The number of aromatic nitrogens is 5. The number of nitrogens with two attached hydrogens (primary N) is 1. The third kappa shape index (κ3) is 3.39. The highest BCUT2D eigenvalue weighted by atomic mass is 32.2. The van der Waals surface area contributed by atoms with Gasteiger partial charge in [0, 0.05) is 10.4 Å². The van der Waals surface area contributed by atoms with Crippen LogP contribution in [0.3, 0.4) is 0 Å². The Morgan fingerprint density at radius 3 is 2.96 bits per heavy atom. The minimum atomic E-state index is -0.493. The van der Waals surface area contributed by atoms with Gasteiger partial charge in [0.25, 0.3) is 5.91 Å². The molecule has 0 unspecified atom stereocenters. The second kappa shape index (κ2) is 7.03. The molecule has 0 aliphatic heterocycles. The number of anilines is 1. The van der Waals surface area contributed by atoms with E-state index in [1.165, 1.54) is 9.56 Å². The van der Waals surface area contributed by atoms with Crippen LogP contribution in [-0.4, -0.2) is 43.7 Å². The van der Waals surface area contributed by atoms with E-state index in [0.29, 0.717) is 5.69 Å². The van der Waals surface area contributed by atoms with E-state index in [9.17, 15) is 4.79 Å². The van der Waals surface area contributed by atoms with Crippen molar-refractivity contribution in [2.75, 3.05) is 12.0 Å². The molecule has 0 bridgehead atoms. The number of hydrazone groups is 1. The summed E-state index contributed by atoms with van der Waals surface area (Å²) < 4.78 is 6.93. The molecule has 0 saturated heterocycles. The molecule has 3 rings (SSSR count). The Labute approximate surface area is 150 Å². The van der Waals surface area contributed by atoms with E-state index >= 15 is 0 Å². The number of nitrogen functional groups attached to an aromatic ring is 1. The maximum Gasteiger partial charge on any atom is 0.293 e. The average Bonchev–Trinajstić information content (AvgIpc) is 3.26. The number of carbonyl (C=O) groups excluding carboxylic acids is 1. The molecule has 10 nitrogen and oxygen atoms in total. The van der Waals surface area contributed by atoms with E-state index in [1.807, 2.05) is 19.2 Å². The molecule has 1 amide bonds. The molecule has 3 N–H and O–H groups in total. The largest absolute Gasteiger partial charge is 0.378 e. The lowest BCUT2D eigenvalue weighted by molar-refractivity contribution is 0.0949. The first kappa shape index (κ1) is 17.1. The van der Waals surface area contributed by atoms with Gasteiger partial charge < -0.3 is 5.73 Å². The second-order valence-electron chi connectivity index (χ2n) is 4.91. The highest BCUT2D eigenvalue weighted by Gasteiger charge is 2.20. The Bertz CT molecular complexity index is 942. The Morgan fingerprint density at radius 2 is 2.28 bits per heavy atom. The van der Waals surface area contributed by atoms with E-state index in [2.05, 4.69) is 35.8 Å². The topological polar surface area (TPSA) is 137 Å². The van der Waals surface area contributed by atoms with Gasteiger partial charge in [0.1, 0.15) is 0 Å². The molecule has 3 aromatic heterocycles. The van der Waals surface area contributed by atoms with E-state index in [0.717, 1.165) is 9.77 Å². The first-order chi connectivity index (χ1) is 12.0. The molecule has 0 spiro atoms. The molecule has 0 aliphatic carbocycles. The summed E-state index contributed by atoms with van der Waals surface area (Å²) in [4.78, 5) is 13.4. The molecule has 130 valence electrons. The van der Waals surface area contributed by atoms with Crippen molar-refractivity contribution < 1.29 is 9.42 Å². The van der Waals surface area contributed by atoms with E-state index in [-0.39, 0.29) is 17.3 Å². The lowest BCUT2D eigenvalue weighted by Crippen LogP contribution is -2.19. The number of aryl methyl sites for hydroxylation is 1. The maximum absolute atomic E-state index is 12.2. The van der Waals surface area contributed by atoms with Crippen LogP contribution in [0.15, 0.2) is 20.0 Å². The number of thioether (sulfide) groups is 1. The van der Waals surface area contributed by atoms with Crippen molar-refractivity contribution in [3.8, 4) is 5.82 Å². The van der Waals surface area contributed by atoms with Crippen LogP contribution < -0.4 is 11.2 Å². The molecule has 12 heteroatoms. The lowest BCUT2D eigenvalue weighted by Gasteiger charge is -1.99. The highest BCUT2D eigenvalue weighted by molar-refractivity contribution is 8.00. The van der Waals surface area contributed by atoms with Gasteiger partial charge >= 0.3 is 0 Å². The number of hydrogen-bond acceptors (Lipinski definition) is 10. The predicted octanol–water partition coefficient (Wildman–Crippen LogP) is 1.40. The summed E-state index contributed by atoms with van der Waals surface area (Å²) in [5, 5.41) is 18.8. The van der Waals surface area contributed by atoms with Crippen LogP contribution in [0.5, 0.6) is 0 Å². The molecule has 0 radical (unpaired) electrons. The van der Waals surface area contributed by atoms with Crippen molar-refractivity contribution in [2.45, 2.75) is 18.1 Å². The molecule has 0 atom stereocenters. The van der Waals surface area contributed by atoms with Crippen LogP contribution >= 0.6 is 23.1 Å². The van der Waals surface area contributed by atoms with Crippen molar-refractivity contribution in [3.05, 3.63) is 27.9 Å². The molecular weight excluding hydrogens is 364 g/mol. The monoisotopic (exact) mass is 378 g/mol. The fourth-order valence-corrected chi connectivity index (χ4v) is 3.84. The van der Waals surface area contributed by atoms with E-state index in [1.54, 1.807) is 36.2 Å². The van der Waals surface area contributed by atoms with Gasteiger partial charge in [-0.15, -0.1) is 28.2 Å². The fourth-order valence-electron chi connectivity index (χ4n) is 2.05. The summed E-state index contributed by atoms with van der Waals surface area (Å²) in [6.07, 6.45) is 3.60. The standard InChI is InChI=1S/C13H14N8O2S2/c1-6-4-8(13(24-3)25-6)5-15-17-12(22)9-7(2)21(20-16-9)11-10(14)18-23-19-11/h4-5H,1-3H3,(H2,14,18)(H,17,22). The lowest BCUT2D eigenvalue weighted by atomic mass is 10.3. The summed E-state index contributed by atoms with van der Waals surface area (Å²) in [5.74, 6) is -0.269. The zero-order valence-corrected chi connectivity index (χ0v) is 15.2. The van der Waals surface area contributed by atoms with Gasteiger partial charge in [0.05, 0.1) is 16.1 Å². The summed E-state index contributed by atoms with van der Waals surface area (Å²) in [6.45, 7) is 3.67. The number of nitrogens with zero attached hydrogens (tertiary/aromatic N) is 6. The van der Waals surface area contributed by atoms with Gasteiger partial charge in [0.15, 0.2) is 5.69 Å². The SMILES string of the molecule is CSc1sc(C)cc1C=NNC(=O)c1nnn(-c2nonc2N)c1C. The number of thiophene rings is 1. The van der Waals surface area contributed by atoms with E-state index in [4.69, 9.17) is 5.73 Å². The summed E-state index contributed by atoms with van der Waals surface area (Å²) >= 11 is 3.31. The minimum Gasteiger partial charge on any atom is -0.378 e. The smallest absolute Gasteiger partial charge is 0.293 e.